The van der Waals surface area contributed by atoms with Gasteiger partial charge in [0.15, 0.2) is 0 Å². The van der Waals surface area contributed by atoms with E-state index in [9.17, 15) is 0 Å². The normalized spacial score (nSPS) is 44.2. The average molecular weight is 640 g/mol. The fraction of sp³-hybridized carbons (Fsp3) is 0.571. The summed E-state index contributed by atoms with van der Waals surface area (Å²) in [5, 5.41) is 0. The van der Waals surface area contributed by atoms with Crippen molar-refractivity contribution in [3.8, 4) is 0 Å². The van der Waals surface area contributed by atoms with Gasteiger partial charge in [-0.3, -0.25) is 29.3 Å². The number of fused-ring (bicyclic) bond motifs is 12. The van der Waals surface area contributed by atoms with E-state index in [0.29, 0.717) is 17.3 Å². The molecule has 246 valence electrons. The van der Waals surface area contributed by atoms with E-state index >= 15 is 14.4 Å². The third kappa shape index (κ3) is 4.04. The van der Waals surface area contributed by atoms with Crippen LogP contribution in [0.4, 0.5) is 0 Å². The average Bonchev–Trinajstić information content (AvgIpc) is 3.73. The van der Waals surface area contributed by atoms with Crippen molar-refractivity contribution in [2.45, 2.75) is 75.5 Å². The molecule has 6 heteroatoms. The molecule has 0 aromatic carbocycles. The van der Waals surface area contributed by atoms with Crippen LogP contribution in [0.1, 0.15) is 92.6 Å². The van der Waals surface area contributed by atoms with Gasteiger partial charge in [0.2, 0.25) is 0 Å². The van der Waals surface area contributed by atoms with Crippen molar-refractivity contribution < 1.29 is 14.4 Å². The molecule has 0 saturated heterocycles. The maximum Gasteiger partial charge on any atom is 0.140 e. The summed E-state index contributed by atoms with van der Waals surface area (Å²) >= 11 is 0. The largest absolute Gasteiger partial charge is 0.299 e. The summed E-state index contributed by atoms with van der Waals surface area (Å²) in [6.07, 6.45) is 14.7. The van der Waals surface area contributed by atoms with E-state index in [2.05, 4.69) is 18.2 Å². The Morgan fingerprint density at radius 3 is 0.979 bits per heavy atom. The van der Waals surface area contributed by atoms with Crippen molar-refractivity contribution in [1.29, 1.82) is 0 Å². The summed E-state index contributed by atoms with van der Waals surface area (Å²) in [6.45, 7) is 0. The third-order valence-corrected chi connectivity index (χ3v) is 15.0. The molecular weight excluding hydrogens is 594 g/mol. The zero-order chi connectivity index (χ0) is 32.1. The molecule has 3 aromatic heterocycles. The predicted octanol–water partition coefficient (Wildman–Crippen LogP) is 7.23. The first-order chi connectivity index (χ1) is 23.6. The summed E-state index contributed by atoms with van der Waals surface area (Å²) < 4.78 is 0. The number of carbonyl (C=O) groups excluding carboxylic acids is 3. The highest BCUT2D eigenvalue weighted by Gasteiger charge is 2.74. The molecule has 48 heavy (non-hydrogen) atoms. The number of carbonyl (C=O) groups is 3. The van der Waals surface area contributed by atoms with Crippen molar-refractivity contribution in [1.82, 2.24) is 15.0 Å². The van der Waals surface area contributed by atoms with Gasteiger partial charge in [-0.2, -0.15) is 0 Å². The first kappa shape index (κ1) is 29.4. The molecule has 0 bridgehead atoms. The van der Waals surface area contributed by atoms with Crippen LogP contribution in [-0.2, 0) is 14.4 Å². The molecule has 6 nitrogen and oxygen atoms in total. The molecule has 9 unspecified atom stereocenters. The Kier molecular flexibility index (Phi) is 6.89. The summed E-state index contributed by atoms with van der Waals surface area (Å²) in [5.41, 5.74) is 3.09. The molecule has 0 radical (unpaired) electrons. The molecule has 7 fully saturated rings. The van der Waals surface area contributed by atoms with Gasteiger partial charge in [0, 0.05) is 88.9 Å². The SMILES string of the molecule is O=C1C2C(c3ccccn3)CCCC2C2C1C1C3CCCC(c4ccccn4)C3C(=O)C1C1C3CCCC(c4ccccn4)C3C(=O)C21. The number of hydrogen-bond donors (Lipinski definition) is 0. The highest BCUT2D eigenvalue weighted by atomic mass is 16.1. The first-order valence-electron chi connectivity index (χ1n) is 19.0. The molecule has 0 spiro atoms. The number of pyridine rings is 3. The van der Waals surface area contributed by atoms with Crippen LogP contribution in [0.15, 0.2) is 73.2 Å². The van der Waals surface area contributed by atoms with Crippen LogP contribution in [0.25, 0.3) is 0 Å². The van der Waals surface area contributed by atoms with E-state index in [1.54, 1.807) is 0 Å². The number of nitrogens with zero attached hydrogens (tertiary/aromatic N) is 3. The van der Waals surface area contributed by atoms with Crippen LogP contribution in [0.5, 0.6) is 0 Å². The smallest absolute Gasteiger partial charge is 0.140 e. The second-order valence-corrected chi connectivity index (χ2v) is 16.5. The van der Waals surface area contributed by atoms with E-state index in [1.165, 1.54) is 0 Å². The fourth-order valence-electron chi connectivity index (χ4n) is 13.8. The van der Waals surface area contributed by atoms with Crippen LogP contribution < -0.4 is 0 Å². The summed E-state index contributed by atoms with van der Waals surface area (Å²) in [5.74, 6) is 1.20. The minimum Gasteiger partial charge on any atom is -0.299 e. The minimum absolute atomic E-state index is 0.0459. The number of ketones is 3. The molecule has 7 saturated carbocycles. The van der Waals surface area contributed by atoms with E-state index < -0.39 is 0 Å². The van der Waals surface area contributed by atoms with Gasteiger partial charge in [-0.1, -0.05) is 37.5 Å². The molecule has 3 heterocycles. The first-order valence-corrected chi connectivity index (χ1v) is 19.0. The minimum atomic E-state index is -0.200. The Morgan fingerprint density at radius 1 is 0.396 bits per heavy atom. The van der Waals surface area contributed by atoms with Crippen molar-refractivity contribution in [3.05, 3.63) is 90.3 Å². The Hall–Kier alpha value is -3.54. The predicted molar refractivity (Wildman–Crippen MR) is 179 cm³/mol. The topological polar surface area (TPSA) is 89.9 Å². The quantitative estimate of drug-likeness (QED) is 0.300. The van der Waals surface area contributed by atoms with Gasteiger partial charge >= 0.3 is 0 Å². The Balaban J connectivity index is 1.13. The number of aromatic nitrogens is 3. The number of rotatable bonds is 3. The van der Waals surface area contributed by atoms with E-state index in [0.717, 1.165) is 74.9 Å². The van der Waals surface area contributed by atoms with Gasteiger partial charge in [-0.05, 0) is 110 Å². The molecule has 0 amide bonds. The van der Waals surface area contributed by atoms with Crippen LogP contribution in [0, 0.1) is 71.0 Å². The lowest BCUT2D eigenvalue weighted by Crippen LogP contribution is -2.49. The standard InChI is InChI=1S/C42H45N3O3/c46-40-31-22(28-16-1-4-19-43-28)10-7-13-25(31)34-37(40)35-26-14-8-11-23(29-17-2-5-20-44-29)32(26)42(48)39(35)36-27-15-9-12-24(30-18-3-6-21-45-30)33(27)41(47)38(34)36/h1-6,16-27,31-39H,7-15H2. The molecule has 0 N–H and O–H groups in total. The van der Waals surface area contributed by atoms with Gasteiger partial charge in [0.05, 0.1) is 0 Å². The monoisotopic (exact) mass is 639 g/mol. The van der Waals surface area contributed by atoms with Crippen molar-refractivity contribution >= 4 is 17.3 Å². The number of hydrogen-bond acceptors (Lipinski definition) is 6. The van der Waals surface area contributed by atoms with Crippen LogP contribution in [-0.4, -0.2) is 32.3 Å². The zero-order valence-electron chi connectivity index (χ0n) is 27.5. The van der Waals surface area contributed by atoms with Gasteiger partial charge in [-0.25, -0.2) is 0 Å². The second-order valence-electron chi connectivity index (χ2n) is 16.5. The molecule has 7 aliphatic rings. The maximum atomic E-state index is 15.3. The highest BCUT2D eigenvalue weighted by molar-refractivity contribution is 5.97. The fourth-order valence-corrected chi connectivity index (χ4v) is 13.8. The zero-order valence-corrected chi connectivity index (χ0v) is 27.5. The Labute approximate surface area is 283 Å². The Morgan fingerprint density at radius 2 is 0.708 bits per heavy atom. The lowest BCUT2D eigenvalue weighted by atomic mass is 9.54. The van der Waals surface area contributed by atoms with Gasteiger partial charge in [-0.15, -0.1) is 0 Å². The molecule has 0 aliphatic heterocycles. The van der Waals surface area contributed by atoms with Gasteiger partial charge < -0.3 is 0 Å². The van der Waals surface area contributed by atoms with E-state index in [4.69, 9.17) is 15.0 Å². The summed E-state index contributed by atoms with van der Waals surface area (Å²) in [7, 11) is 0. The lowest BCUT2D eigenvalue weighted by molar-refractivity contribution is -0.138. The molecular formula is C42H45N3O3. The summed E-state index contributed by atoms with van der Waals surface area (Å²) in [4.78, 5) is 60.2. The van der Waals surface area contributed by atoms with Gasteiger partial charge in [0.1, 0.15) is 17.3 Å². The van der Waals surface area contributed by atoms with Crippen LogP contribution in [0.3, 0.4) is 0 Å². The van der Waals surface area contributed by atoms with Crippen molar-refractivity contribution in [2.75, 3.05) is 0 Å². The number of Topliss-reactive ketones (excluding diaryl/α,β-unsaturated/α-hetero) is 3. The lowest BCUT2D eigenvalue weighted by Gasteiger charge is -2.48. The highest BCUT2D eigenvalue weighted by Crippen LogP contribution is 2.72. The third-order valence-electron chi connectivity index (χ3n) is 15.0. The second kappa shape index (κ2) is 11.2. The summed E-state index contributed by atoms with van der Waals surface area (Å²) in [6, 6.07) is 18.3. The van der Waals surface area contributed by atoms with E-state index in [1.807, 2.05) is 55.0 Å². The van der Waals surface area contributed by atoms with Crippen LogP contribution >= 0.6 is 0 Å². The van der Waals surface area contributed by atoms with E-state index in [-0.39, 0.29) is 88.8 Å². The van der Waals surface area contributed by atoms with Crippen molar-refractivity contribution in [2.24, 2.45) is 71.0 Å². The maximum absolute atomic E-state index is 15.3. The van der Waals surface area contributed by atoms with Crippen molar-refractivity contribution in [3.63, 3.8) is 0 Å². The molecule has 10 rings (SSSR count). The molecule has 7 aliphatic carbocycles. The molecule has 3 aromatic rings. The Bertz CT molecular complexity index is 1520. The van der Waals surface area contributed by atoms with Crippen LogP contribution in [0.2, 0.25) is 0 Å². The van der Waals surface area contributed by atoms with Gasteiger partial charge in [0.25, 0.3) is 0 Å². The molecule has 9 atom stereocenters.